The zero-order valence-corrected chi connectivity index (χ0v) is 14.4. The summed E-state index contributed by atoms with van der Waals surface area (Å²) in [4.78, 5) is 14.8. The van der Waals surface area contributed by atoms with Gasteiger partial charge >= 0.3 is 0 Å². The van der Waals surface area contributed by atoms with E-state index in [9.17, 15) is 0 Å². The number of aromatic nitrogens is 2. The second-order valence-electron chi connectivity index (χ2n) is 5.07. The van der Waals surface area contributed by atoms with E-state index in [1.165, 1.54) is 4.88 Å². The lowest BCUT2D eigenvalue weighted by atomic mass is 10.3. The molecule has 118 valence electrons. The molecule has 2 rings (SSSR count). The summed E-state index contributed by atoms with van der Waals surface area (Å²) in [7, 11) is 0. The van der Waals surface area contributed by atoms with Crippen molar-refractivity contribution in [3.05, 3.63) is 45.2 Å². The summed E-state index contributed by atoms with van der Waals surface area (Å²) in [5, 5.41) is 7.65. The van der Waals surface area contributed by atoms with Crippen LogP contribution in [0.2, 0.25) is 0 Å². The van der Waals surface area contributed by atoms with Crippen molar-refractivity contribution < 1.29 is 0 Å². The normalized spacial score (nSPS) is 11.5. The number of hydrogen-bond donors (Lipinski definition) is 2. The predicted molar refractivity (Wildman–Crippen MR) is 92.2 cm³/mol. The third kappa shape index (κ3) is 4.80. The van der Waals surface area contributed by atoms with Crippen molar-refractivity contribution in [2.45, 2.75) is 40.8 Å². The number of hydrogen-bond acceptors (Lipinski definition) is 4. The molecule has 0 aromatic carbocycles. The molecular weight excluding hydrogens is 294 g/mol. The largest absolute Gasteiger partial charge is 0.357 e. The lowest BCUT2D eigenvalue weighted by Gasteiger charge is -2.10. The average Bonchev–Trinajstić information content (AvgIpc) is 2.81. The lowest BCUT2D eigenvalue weighted by Crippen LogP contribution is -2.36. The van der Waals surface area contributed by atoms with Gasteiger partial charge in [-0.05, 0) is 39.8 Å². The van der Waals surface area contributed by atoms with Gasteiger partial charge in [0.05, 0.1) is 24.5 Å². The number of guanidine groups is 1. The van der Waals surface area contributed by atoms with Gasteiger partial charge in [-0.1, -0.05) is 6.07 Å². The van der Waals surface area contributed by atoms with Gasteiger partial charge in [-0.25, -0.2) is 9.98 Å². The molecule has 5 nitrogen and oxygen atoms in total. The van der Waals surface area contributed by atoms with Crippen LogP contribution in [0.4, 0.5) is 0 Å². The minimum atomic E-state index is 0.562. The molecule has 0 bridgehead atoms. The van der Waals surface area contributed by atoms with Gasteiger partial charge in [0, 0.05) is 17.1 Å². The molecule has 22 heavy (non-hydrogen) atoms. The molecule has 0 saturated carbocycles. The van der Waals surface area contributed by atoms with Gasteiger partial charge < -0.3 is 10.6 Å². The van der Waals surface area contributed by atoms with E-state index in [4.69, 9.17) is 0 Å². The number of rotatable bonds is 5. The van der Waals surface area contributed by atoms with E-state index in [1.807, 2.05) is 32.0 Å². The van der Waals surface area contributed by atoms with Crippen LogP contribution in [0.25, 0.3) is 0 Å². The predicted octanol–water partition coefficient (Wildman–Crippen LogP) is 2.72. The van der Waals surface area contributed by atoms with E-state index in [2.05, 4.69) is 39.4 Å². The minimum Gasteiger partial charge on any atom is -0.357 e. The quantitative estimate of drug-likeness (QED) is 0.657. The maximum atomic E-state index is 4.58. The van der Waals surface area contributed by atoms with E-state index < -0.39 is 0 Å². The smallest absolute Gasteiger partial charge is 0.191 e. The van der Waals surface area contributed by atoms with Gasteiger partial charge in [-0.3, -0.25) is 4.98 Å². The molecule has 0 aliphatic carbocycles. The van der Waals surface area contributed by atoms with Crippen molar-refractivity contribution in [2.75, 3.05) is 6.54 Å². The minimum absolute atomic E-state index is 0.562. The van der Waals surface area contributed by atoms with Gasteiger partial charge in [-0.2, -0.15) is 0 Å². The molecule has 0 aliphatic rings. The van der Waals surface area contributed by atoms with Crippen molar-refractivity contribution in [1.29, 1.82) is 0 Å². The molecule has 0 unspecified atom stereocenters. The molecule has 2 heterocycles. The fraction of sp³-hybridized carbons (Fsp3) is 0.438. The van der Waals surface area contributed by atoms with Crippen LogP contribution in [-0.4, -0.2) is 22.5 Å². The summed E-state index contributed by atoms with van der Waals surface area (Å²) in [5.74, 6) is 0.788. The first-order valence-corrected chi connectivity index (χ1v) is 8.27. The molecule has 0 atom stereocenters. The van der Waals surface area contributed by atoms with E-state index >= 15 is 0 Å². The second kappa shape index (κ2) is 7.89. The molecule has 0 fully saturated rings. The highest BCUT2D eigenvalue weighted by Crippen LogP contribution is 2.15. The Morgan fingerprint density at radius 1 is 1.18 bits per heavy atom. The highest BCUT2D eigenvalue weighted by molar-refractivity contribution is 7.11. The fourth-order valence-electron chi connectivity index (χ4n) is 1.96. The van der Waals surface area contributed by atoms with Crippen LogP contribution in [0.3, 0.4) is 0 Å². The molecule has 0 spiro atoms. The molecule has 6 heteroatoms. The van der Waals surface area contributed by atoms with Crippen LogP contribution < -0.4 is 10.6 Å². The van der Waals surface area contributed by atoms with Crippen molar-refractivity contribution >= 4 is 17.3 Å². The van der Waals surface area contributed by atoms with Crippen LogP contribution >= 0.6 is 11.3 Å². The van der Waals surface area contributed by atoms with Crippen LogP contribution in [-0.2, 0) is 13.1 Å². The van der Waals surface area contributed by atoms with Gasteiger partial charge in [-0.15, -0.1) is 11.3 Å². The molecule has 2 N–H and O–H groups in total. The Bertz CT molecular complexity index is 628. The average molecular weight is 317 g/mol. The van der Waals surface area contributed by atoms with Crippen molar-refractivity contribution in [3.8, 4) is 0 Å². The van der Waals surface area contributed by atoms with Gasteiger partial charge in [0.2, 0.25) is 0 Å². The Balaban J connectivity index is 1.97. The summed E-state index contributed by atoms with van der Waals surface area (Å²) in [6.07, 6.45) is 0. The zero-order chi connectivity index (χ0) is 15.9. The van der Waals surface area contributed by atoms with Crippen molar-refractivity contribution in [3.63, 3.8) is 0 Å². The molecule has 2 aromatic heterocycles. The van der Waals surface area contributed by atoms with Gasteiger partial charge in [0.15, 0.2) is 5.96 Å². The third-order valence-electron chi connectivity index (χ3n) is 3.17. The van der Waals surface area contributed by atoms with E-state index in [-0.39, 0.29) is 0 Å². The Hall–Kier alpha value is -1.95. The van der Waals surface area contributed by atoms with Crippen LogP contribution in [0, 0.1) is 20.8 Å². The Morgan fingerprint density at radius 3 is 2.64 bits per heavy atom. The molecule has 0 amide bonds. The van der Waals surface area contributed by atoms with Crippen molar-refractivity contribution in [1.82, 2.24) is 20.6 Å². The first-order valence-electron chi connectivity index (χ1n) is 7.46. The second-order valence-corrected chi connectivity index (χ2v) is 6.36. The van der Waals surface area contributed by atoms with Gasteiger partial charge in [0.1, 0.15) is 5.01 Å². The topological polar surface area (TPSA) is 62.2 Å². The number of aryl methyl sites for hydroxylation is 3. The van der Waals surface area contributed by atoms with E-state index in [0.717, 1.165) is 34.6 Å². The number of thiazole rings is 1. The van der Waals surface area contributed by atoms with Crippen molar-refractivity contribution in [2.24, 2.45) is 4.99 Å². The zero-order valence-electron chi connectivity index (χ0n) is 13.6. The first-order chi connectivity index (χ1) is 10.6. The Kier molecular flexibility index (Phi) is 5.89. The third-order valence-corrected chi connectivity index (χ3v) is 4.24. The van der Waals surface area contributed by atoms with E-state index in [1.54, 1.807) is 11.3 Å². The molecule has 0 radical (unpaired) electrons. The van der Waals surface area contributed by atoms with Gasteiger partial charge in [0.25, 0.3) is 0 Å². The lowest BCUT2D eigenvalue weighted by molar-refractivity contribution is 0.805. The van der Waals surface area contributed by atoms with E-state index in [0.29, 0.717) is 13.1 Å². The molecule has 0 aliphatic heterocycles. The van der Waals surface area contributed by atoms with Crippen LogP contribution in [0.5, 0.6) is 0 Å². The number of pyridine rings is 1. The number of nitrogens with zero attached hydrogens (tertiary/aromatic N) is 3. The highest BCUT2D eigenvalue weighted by Gasteiger charge is 2.05. The maximum Gasteiger partial charge on any atom is 0.191 e. The number of aliphatic imine (C=N–C) groups is 1. The fourth-order valence-corrected chi connectivity index (χ4v) is 2.84. The maximum absolute atomic E-state index is 4.58. The molecule has 2 aromatic rings. The van der Waals surface area contributed by atoms with Crippen LogP contribution in [0.15, 0.2) is 23.2 Å². The summed E-state index contributed by atoms with van der Waals surface area (Å²) in [5.41, 5.74) is 3.09. The van der Waals surface area contributed by atoms with Crippen LogP contribution in [0.1, 0.15) is 33.9 Å². The molecule has 0 saturated heterocycles. The summed E-state index contributed by atoms with van der Waals surface area (Å²) in [6.45, 7) is 10.3. The number of nitrogens with one attached hydrogen (secondary N) is 2. The summed E-state index contributed by atoms with van der Waals surface area (Å²) >= 11 is 1.72. The Morgan fingerprint density at radius 2 is 2.00 bits per heavy atom. The SMILES string of the molecule is CCNC(=NCc1cccc(C)n1)NCc1nc(C)c(C)s1. The summed E-state index contributed by atoms with van der Waals surface area (Å²) in [6, 6.07) is 5.99. The molecular formula is C16H23N5S. The monoisotopic (exact) mass is 317 g/mol. The first kappa shape index (κ1) is 16.4. The highest BCUT2D eigenvalue weighted by atomic mass is 32.1. The standard InChI is InChI=1S/C16H23N5S/c1-5-17-16(18-9-14-8-6-7-11(2)20-14)19-10-15-21-12(3)13(4)22-15/h6-8H,5,9-10H2,1-4H3,(H2,17,18,19). The summed E-state index contributed by atoms with van der Waals surface area (Å²) < 4.78 is 0. The Labute approximate surface area is 135 Å².